The second-order valence-corrected chi connectivity index (χ2v) is 16.3. The number of phenols is 2. The van der Waals surface area contributed by atoms with Gasteiger partial charge in [0, 0.05) is 30.2 Å². The number of rotatable bonds is 11. The Morgan fingerprint density at radius 2 is 1.06 bits per heavy atom. The molecule has 0 fully saturated rings. The minimum Gasteiger partial charge on any atom is -0.507 e. The quantitative estimate of drug-likeness (QED) is 0.144. The number of hydrogen-bond donors (Lipinski definition) is 2. The molecule has 4 rings (SSSR count). The zero-order valence-corrected chi connectivity index (χ0v) is 33.7. The van der Waals surface area contributed by atoms with Gasteiger partial charge in [0.25, 0.3) is 0 Å². The van der Waals surface area contributed by atoms with E-state index in [9.17, 15) is 19.3 Å². The molecule has 0 saturated heterocycles. The van der Waals surface area contributed by atoms with Crippen LogP contribution in [0.5, 0.6) is 11.5 Å². The molecule has 0 amide bonds. The van der Waals surface area contributed by atoms with Gasteiger partial charge in [0.15, 0.2) is 0 Å². The monoisotopic (exact) mass is 815 g/mol. The number of benzene rings is 4. The molecule has 8 nitrogen and oxygen atoms in total. The van der Waals surface area contributed by atoms with Gasteiger partial charge in [-0.2, -0.15) is 0 Å². The van der Waals surface area contributed by atoms with Gasteiger partial charge in [-0.25, -0.2) is 0 Å². The van der Waals surface area contributed by atoms with E-state index >= 15 is 0 Å². The van der Waals surface area contributed by atoms with Gasteiger partial charge in [-0.3, -0.25) is 4.57 Å². The molecular weight excluding hydrogens is 773 g/mol. The molecule has 4 aromatic rings. The summed E-state index contributed by atoms with van der Waals surface area (Å²) in [7, 11) is -5.38. The van der Waals surface area contributed by atoms with Crippen molar-refractivity contribution in [2.24, 2.45) is 0 Å². The topological polar surface area (TPSA) is 112 Å². The first kappa shape index (κ1) is 42.9. The summed E-state index contributed by atoms with van der Waals surface area (Å²) in [6.45, 7) is 14.5. The van der Waals surface area contributed by atoms with Crippen LogP contribution in [0.4, 0.5) is 0 Å². The summed E-state index contributed by atoms with van der Waals surface area (Å²) in [4.78, 5) is 0. The fourth-order valence-electron chi connectivity index (χ4n) is 4.05. The van der Waals surface area contributed by atoms with Gasteiger partial charge in [0.2, 0.25) is 0 Å². The largest absolute Gasteiger partial charge is 0.697 e. The zero-order chi connectivity index (χ0) is 36.9. The standard InChI is InChI=1S/C18H22ClO4P.C12H8BrClO.C6H14O3P/c1-12(2)22-24(21,23-13(3)4)16-7-5-6-14(10-16)17-11-15(19)8-9-18(17)20;13-9-3-1-2-8(6-9)11-7-10(14)4-5-12(11)15;1-5(2)8-10(7)9-6(3)4/h5-13,20H,1-4H3;1-7,15H;5-6H,1-4H3/q;;+1. The highest BCUT2D eigenvalue weighted by Gasteiger charge is 2.31. The Balaban J connectivity index is 0.000000284. The zero-order valence-electron chi connectivity index (χ0n) is 28.8. The van der Waals surface area contributed by atoms with Crippen LogP contribution in [0.1, 0.15) is 55.4 Å². The van der Waals surface area contributed by atoms with E-state index < -0.39 is 15.9 Å². The number of hydrogen-bond acceptors (Lipinski definition) is 8. The molecule has 0 heterocycles. The molecule has 0 saturated carbocycles. The molecule has 2 N–H and O–H groups in total. The van der Waals surface area contributed by atoms with Crippen molar-refractivity contribution in [2.75, 3.05) is 0 Å². The third-order valence-electron chi connectivity index (χ3n) is 5.82. The lowest BCUT2D eigenvalue weighted by Crippen LogP contribution is -2.17. The van der Waals surface area contributed by atoms with Crippen molar-refractivity contribution in [1.82, 2.24) is 0 Å². The third-order valence-corrected chi connectivity index (χ3v) is 10.3. The van der Waals surface area contributed by atoms with Crippen molar-refractivity contribution >= 4 is 60.3 Å². The van der Waals surface area contributed by atoms with E-state index in [1.54, 1.807) is 48.5 Å². The third kappa shape index (κ3) is 15.2. The fraction of sp³-hybridized carbons (Fsp3) is 0.333. The summed E-state index contributed by atoms with van der Waals surface area (Å²) in [5.41, 5.74) is 2.92. The summed E-state index contributed by atoms with van der Waals surface area (Å²) in [5, 5.41) is 21.4. The number of phenolic OH excluding ortho intramolecular Hbond substituents is 2. The van der Waals surface area contributed by atoms with Crippen LogP contribution in [0, 0.1) is 0 Å². The van der Waals surface area contributed by atoms with Gasteiger partial charge in [-0.15, -0.1) is 9.05 Å². The molecule has 0 aliphatic carbocycles. The van der Waals surface area contributed by atoms with Crippen LogP contribution >= 0.6 is 55.0 Å². The maximum Gasteiger partial charge on any atom is 0.697 e. The van der Waals surface area contributed by atoms with Gasteiger partial charge >= 0.3 is 15.9 Å². The Kier molecular flexibility index (Phi) is 18.0. The Morgan fingerprint density at radius 1 is 0.633 bits per heavy atom. The second kappa shape index (κ2) is 20.5. The van der Waals surface area contributed by atoms with Crippen molar-refractivity contribution in [2.45, 2.75) is 79.8 Å². The summed E-state index contributed by atoms with van der Waals surface area (Å²) in [6, 6.07) is 24.5. The first-order valence-corrected chi connectivity index (χ1v) is 19.7. The molecule has 0 radical (unpaired) electrons. The van der Waals surface area contributed by atoms with Gasteiger partial charge < -0.3 is 19.3 Å². The Bertz CT molecular complexity index is 1690. The van der Waals surface area contributed by atoms with E-state index in [0.29, 0.717) is 26.5 Å². The predicted molar refractivity (Wildman–Crippen MR) is 205 cm³/mol. The van der Waals surface area contributed by atoms with Crippen LogP contribution in [0.25, 0.3) is 22.3 Å². The van der Waals surface area contributed by atoms with E-state index in [-0.39, 0.29) is 35.9 Å². The van der Waals surface area contributed by atoms with Gasteiger partial charge in [0.1, 0.15) is 23.7 Å². The SMILES string of the molecule is CC(C)OP(=O)(OC(C)C)c1cccc(-c2cc(Cl)ccc2O)c1.CC(C)O[P+](=O)OC(C)C.Oc1ccc(Cl)cc1-c1cccc(Br)c1. The second-order valence-electron chi connectivity index (χ2n) is 11.7. The van der Waals surface area contributed by atoms with Crippen molar-refractivity contribution in [3.8, 4) is 33.8 Å². The van der Waals surface area contributed by atoms with Crippen molar-refractivity contribution in [1.29, 1.82) is 0 Å². The van der Waals surface area contributed by atoms with Gasteiger partial charge in [-0.05, 0) is 127 Å². The summed E-state index contributed by atoms with van der Waals surface area (Å²) >= 11 is 15.3. The van der Waals surface area contributed by atoms with Crippen LogP contribution in [0.15, 0.2) is 89.4 Å². The molecule has 4 aromatic carbocycles. The van der Waals surface area contributed by atoms with Crippen molar-refractivity contribution < 1.29 is 37.4 Å². The highest BCUT2D eigenvalue weighted by Crippen LogP contribution is 2.50. The molecule has 0 bridgehead atoms. The van der Waals surface area contributed by atoms with Crippen LogP contribution < -0.4 is 5.30 Å². The fourth-order valence-corrected chi connectivity index (χ4v) is 7.50. The molecule has 0 aliphatic rings. The van der Waals surface area contributed by atoms with Crippen molar-refractivity contribution in [3.05, 3.63) is 99.4 Å². The maximum absolute atomic E-state index is 13.2. The van der Waals surface area contributed by atoms with Gasteiger partial charge in [0.05, 0.1) is 17.5 Å². The lowest BCUT2D eigenvalue weighted by atomic mass is 10.1. The molecular formula is C36H44BrCl2O8P2+. The van der Waals surface area contributed by atoms with E-state index in [1.165, 1.54) is 6.07 Å². The van der Waals surface area contributed by atoms with Crippen LogP contribution in [-0.4, -0.2) is 34.6 Å². The number of aromatic hydroxyl groups is 2. The Labute approximate surface area is 309 Å². The Hall–Kier alpha value is -2.29. The van der Waals surface area contributed by atoms with Crippen molar-refractivity contribution in [3.63, 3.8) is 0 Å². The van der Waals surface area contributed by atoms with E-state index in [2.05, 4.69) is 15.9 Å². The molecule has 0 atom stereocenters. The molecule has 0 spiro atoms. The smallest absolute Gasteiger partial charge is 0.507 e. The lowest BCUT2D eigenvalue weighted by Gasteiger charge is -2.23. The first-order chi connectivity index (χ1) is 22.9. The molecule has 0 aromatic heterocycles. The summed E-state index contributed by atoms with van der Waals surface area (Å²) < 4.78 is 45.9. The minimum absolute atomic E-state index is 0.0395. The number of halogens is 3. The average molecular weight is 817 g/mol. The lowest BCUT2D eigenvalue weighted by molar-refractivity contribution is 0.150. The van der Waals surface area contributed by atoms with Crippen LogP contribution in [0.2, 0.25) is 10.0 Å². The molecule has 49 heavy (non-hydrogen) atoms. The molecule has 0 aliphatic heterocycles. The molecule has 13 heteroatoms. The first-order valence-electron chi connectivity index (χ1n) is 15.5. The molecule has 266 valence electrons. The van der Waals surface area contributed by atoms with Crippen LogP contribution in [0.3, 0.4) is 0 Å². The Morgan fingerprint density at radius 3 is 1.47 bits per heavy atom. The minimum atomic E-state index is -3.47. The molecule has 0 unspecified atom stereocenters. The maximum atomic E-state index is 13.2. The predicted octanol–water partition coefficient (Wildman–Crippen LogP) is 12.3. The summed E-state index contributed by atoms with van der Waals surface area (Å²) in [5.74, 6) is 0.332. The van der Waals surface area contributed by atoms with E-state index in [1.807, 2.05) is 85.7 Å². The van der Waals surface area contributed by atoms with Crippen LogP contribution in [-0.2, 0) is 27.2 Å². The highest BCUT2D eigenvalue weighted by atomic mass is 79.9. The van der Waals surface area contributed by atoms with E-state index in [0.717, 1.165) is 15.6 Å². The normalized spacial score (nSPS) is 11.3. The average Bonchev–Trinajstić information content (AvgIpc) is 2.99. The highest BCUT2D eigenvalue weighted by molar-refractivity contribution is 9.10. The van der Waals surface area contributed by atoms with Gasteiger partial charge in [-0.1, -0.05) is 63.4 Å². The summed E-state index contributed by atoms with van der Waals surface area (Å²) in [6.07, 6.45) is -0.583. The van der Waals surface area contributed by atoms with E-state index in [4.69, 9.17) is 41.3 Å².